The molecule has 0 saturated heterocycles. The Morgan fingerprint density at radius 2 is 2.10 bits per heavy atom. The van der Waals surface area contributed by atoms with E-state index in [9.17, 15) is 4.79 Å². The van der Waals surface area contributed by atoms with Crippen LogP contribution >= 0.6 is 0 Å². The van der Waals surface area contributed by atoms with Gasteiger partial charge in [-0.2, -0.15) is 0 Å². The minimum atomic E-state index is 0. The maximum atomic E-state index is 9.94. The van der Waals surface area contributed by atoms with Crippen LogP contribution in [0, 0.1) is 5.92 Å². The van der Waals surface area contributed by atoms with Gasteiger partial charge in [0.15, 0.2) is 0 Å². The quantitative estimate of drug-likeness (QED) is 0.597. The van der Waals surface area contributed by atoms with Gasteiger partial charge in [-0.1, -0.05) is 19.3 Å². The Kier molecular flexibility index (Phi) is 3.27. The van der Waals surface area contributed by atoms with Gasteiger partial charge in [0.1, 0.15) is 0 Å². The van der Waals surface area contributed by atoms with Crippen molar-refractivity contribution in [3.8, 4) is 0 Å². The van der Waals surface area contributed by atoms with E-state index in [4.69, 9.17) is 0 Å². The van der Waals surface area contributed by atoms with E-state index < -0.39 is 0 Å². The third-order valence-corrected chi connectivity index (χ3v) is 2.21. The van der Waals surface area contributed by atoms with E-state index in [0.717, 1.165) is 18.9 Å². The van der Waals surface area contributed by atoms with Gasteiger partial charge in [0.2, 0.25) is 6.41 Å². The first kappa shape index (κ1) is 7.58. The highest BCUT2D eigenvalue weighted by Gasteiger charge is 2.11. The van der Waals surface area contributed by atoms with Crippen LogP contribution in [0.5, 0.6) is 0 Å². The van der Waals surface area contributed by atoms with Crippen molar-refractivity contribution >= 4 is 6.41 Å². The van der Waals surface area contributed by atoms with Crippen molar-refractivity contribution in [3.63, 3.8) is 0 Å². The van der Waals surface area contributed by atoms with Crippen LogP contribution in [0.3, 0.4) is 0 Å². The average molecular weight is 143 g/mol. The molecule has 1 aliphatic carbocycles. The molecule has 1 aliphatic rings. The molecule has 1 saturated carbocycles. The van der Waals surface area contributed by atoms with Gasteiger partial charge in [-0.3, -0.25) is 4.79 Å². The van der Waals surface area contributed by atoms with Crippen LogP contribution < -0.4 is 5.32 Å². The maximum absolute atomic E-state index is 9.94. The summed E-state index contributed by atoms with van der Waals surface area (Å²) in [6.45, 7) is 0.892. The average Bonchev–Trinajstić information content (AvgIpc) is 2.03. The highest BCUT2D eigenvalue weighted by atomic mass is 16.1. The molecule has 1 N–H and O–H groups in total. The van der Waals surface area contributed by atoms with E-state index in [0.29, 0.717) is 0 Å². The van der Waals surface area contributed by atoms with E-state index in [2.05, 4.69) is 5.32 Å². The molecule has 10 heavy (non-hydrogen) atoms. The lowest BCUT2D eigenvalue weighted by Crippen LogP contribution is -2.22. The van der Waals surface area contributed by atoms with Gasteiger partial charge in [0, 0.05) is 7.97 Å². The Labute approximate surface area is 63.5 Å². The molecule has 1 fully saturated rings. The largest absolute Gasteiger partial charge is 0.358 e. The van der Waals surface area contributed by atoms with Crippen LogP contribution in [0.2, 0.25) is 0 Å². The van der Waals surface area contributed by atoms with Gasteiger partial charge in [-0.15, -0.1) is 0 Å². The molecule has 1 amide bonds. The summed E-state index contributed by atoms with van der Waals surface area (Å²) in [5, 5.41) is 2.74. The third kappa shape index (κ3) is 2.38. The summed E-state index contributed by atoms with van der Waals surface area (Å²) in [4.78, 5) is 9.94. The van der Waals surface area contributed by atoms with Gasteiger partial charge in [0.05, 0.1) is 0 Å². The zero-order chi connectivity index (χ0) is 7.23. The minimum Gasteiger partial charge on any atom is -0.358 e. The predicted octanol–water partition coefficient (Wildman–Crippen LogP) is 1.56. The fourth-order valence-electron chi connectivity index (χ4n) is 1.61. The first-order chi connectivity index (χ1) is 4.93. The summed E-state index contributed by atoms with van der Waals surface area (Å²) in [7, 11) is 0. The predicted molar refractivity (Wildman–Crippen MR) is 42.8 cm³/mol. The maximum Gasteiger partial charge on any atom is 0.207 e. The molecule has 0 heterocycles. The van der Waals surface area contributed by atoms with Crippen LogP contribution in [0.4, 0.5) is 0 Å². The molecule has 0 atom stereocenters. The topological polar surface area (TPSA) is 29.1 Å². The Bertz CT molecular complexity index is 102. The van der Waals surface area contributed by atoms with Gasteiger partial charge < -0.3 is 5.32 Å². The lowest BCUT2D eigenvalue weighted by Gasteiger charge is -2.20. The second kappa shape index (κ2) is 4.31. The lowest BCUT2D eigenvalue weighted by atomic mass is 9.89. The van der Waals surface area contributed by atoms with Crippen LogP contribution in [-0.2, 0) is 4.79 Å². The van der Waals surface area contributed by atoms with E-state index in [1.54, 1.807) is 0 Å². The summed E-state index contributed by atoms with van der Waals surface area (Å²) in [5.41, 5.74) is 0. The van der Waals surface area contributed by atoms with Crippen LogP contribution in [-0.4, -0.2) is 13.0 Å². The molecule has 0 unspecified atom stereocenters. The molecule has 0 aliphatic heterocycles. The third-order valence-electron chi connectivity index (χ3n) is 2.21. The standard InChI is InChI=1S/C8H15NO.H2/c10-7-9-6-8-4-2-1-3-5-8;/h7-8H,1-6H2,(H,9,10);1H. The van der Waals surface area contributed by atoms with Crippen molar-refractivity contribution in [1.29, 1.82) is 0 Å². The monoisotopic (exact) mass is 143 g/mol. The summed E-state index contributed by atoms with van der Waals surface area (Å²) in [6.07, 6.45) is 7.50. The zero-order valence-corrected chi connectivity index (χ0v) is 6.31. The Morgan fingerprint density at radius 3 is 2.70 bits per heavy atom. The number of amides is 1. The van der Waals surface area contributed by atoms with Crippen molar-refractivity contribution in [1.82, 2.24) is 5.32 Å². The second-order valence-electron chi connectivity index (χ2n) is 3.03. The number of carbonyl (C=O) groups is 1. The molecule has 2 nitrogen and oxygen atoms in total. The molecular weight excluding hydrogens is 126 g/mol. The van der Waals surface area contributed by atoms with Crippen molar-refractivity contribution in [2.45, 2.75) is 32.1 Å². The first-order valence-corrected chi connectivity index (χ1v) is 4.10. The van der Waals surface area contributed by atoms with Gasteiger partial charge >= 0.3 is 0 Å². The zero-order valence-electron chi connectivity index (χ0n) is 6.31. The van der Waals surface area contributed by atoms with Crippen LogP contribution in [0.1, 0.15) is 33.5 Å². The smallest absolute Gasteiger partial charge is 0.207 e. The number of carbonyl (C=O) groups excluding carboxylic acids is 1. The summed E-state index contributed by atoms with van der Waals surface area (Å²) in [5.74, 6) is 0.763. The lowest BCUT2D eigenvalue weighted by molar-refractivity contribution is -0.109. The molecule has 60 valence electrons. The number of hydrogen-bond acceptors (Lipinski definition) is 1. The summed E-state index contributed by atoms with van der Waals surface area (Å²) in [6, 6.07) is 0. The Hall–Kier alpha value is -0.530. The van der Waals surface area contributed by atoms with Crippen LogP contribution in [0.15, 0.2) is 0 Å². The molecule has 2 heteroatoms. The van der Waals surface area contributed by atoms with Crippen molar-refractivity contribution < 1.29 is 6.22 Å². The molecule has 1 rings (SSSR count). The van der Waals surface area contributed by atoms with E-state index in [1.807, 2.05) is 0 Å². The van der Waals surface area contributed by atoms with Crippen molar-refractivity contribution in [3.05, 3.63) is 0 Å². The molecule has 0 radical (unpaired) electrons. The van der Waals surface area contributed by atoms with E-state index in [1.165, 1.54) is 32.1 Å². The van der Waals surface area contributed by atoms with Gasteiger partial charge in [-0.05, 0) is 18.8 Å². The van der Waals surface area contributed by atoms with E-state index in [-0.39, 0.29) is 1.43 Å². The molecule has 0 bridgehead atoms. The number of rotatable bonds is 3. The fraction of sp³-hybridized carbons (Fsp3) is 0.875. The normalized spacial score (nSPS) is 20.4. The molecule has 0 aromatic heterocycles. The minimum absolute atomic E-state index is 0. The Balaban J connectivity index is 0.000001000. The van der Waals surface area contributed by atoms with Crippen LogP contribution in [0.25, 0.3) is 0 Å². The van der Waals surface area contributed by atoms with Crippen molar-refractivity contribution in [2.24, 2.45) is 5.92 Å². The fourth-order valence-corrected chi connectivity index (χ4v) is 1.61. The number of hydrogen-bond donors (Lipinski definition) is 1. The highest BCUT2D eigenvalue weighted by Crippen LogP contribution is 2.22. The highest BCUT2D eigenvalue weighted by molar-refractivity contribution is 5.45. The molecule has 0 aromatic rings. The first-order valence-electron chi connectivity index (χ1n) is 4.10. The summed E-state index contributed by atoms with van der Waals surface area (Å²) < 4.78 is 0. The molecule has 0 spiro atoms. The van der Waals surface area contributed by atoms with E-state index >= 15 is 0 Å². The van der Waals surface area contributed by atoms with Crippen molar-refractivity contribution in [2.75, 3.05) is 6.54 Å². The molecule has 0 aromatic carbocycles. The number of nitrogens with one attached hydrogen (secondary N) is 1. The van der Waals surface area contributed by atoms with Gasteiger partial charge in [0.25, 0.3) is 0 Å². The SMILES string of the molecule is O=CNCC1CCCCC1.[HH]. The summed E-state index contributed by atoms with van der Waals surface area (Å²) >= 11 is 0. The second-order valence-corrected chi connectivity index (χ2v) is 3.03. The molecular formula is C8H17NO. The Morgan fingerprint density at radius 1 is 1.40 bits per heavy atom. The van der Waals surface area contributed by atoms with Gasteiger partial charge in [-0.25, -0.2) is 0 Å².